The fraction of sp³-hybridized carbons (Fsp3) is 0.222. The first-order valence-electron chi connectivity index (χ1n) is 8.51. The number of phenols is 1. The van der Waals surface area contributed by atoms with Gasteiger partial charge in [-0.05, 0) is 47.8 Å². The van der Waals surface area contributed by atoms with Crippen LogP contribution in [0.15, 0.2) is 46.5 Å². The number of aromatic nitrogens is 2. The summed E-state index contributed by atoms with van der Waals surface area (Å²) in [5.74, 6) is -0.960. The van der Waals surface area contributed by atoms with Crippen molar-refractivity contribution in [1.82, 2.24) is 9.38 Å². The molecule has 5 nitrogen and oxygen atoms in total. The molecule has 0 unspecified atom stereocenters. The molecule has 0 saturated heterocycles. The van der Waals surface area contributed by atoms with Crippen molar-refractivity contribution in [2.75, 3.05) is 11.1 Å². The Bertz CT molecular complexity index is 1130. The van der Waals surface area contributed by atoms with Crippen LogP contribution in [0.1, 0.15) is 23.0 Å². The van der Waals surface area contributed by atoms with E-state index in [1.807, 2.05) is 0 Å². The summed E-state index contributed by atoms with van der Waals surface area (Å²) in [5, 5.41) is 12.3. The molecule has 2 aromatic heterocycles. The Balaban J connectivity index is 1.99. The molecule has 0 aliphatic heterocycles. The molecule has 0 aliphatic rings. The lowest BCUT2D eigenvalue weighted by Gasteiger charge is -2.11. The lowest BCUT2D eigenvalue weighted by Crippen LogP contribution is -2.14. The third-order valence-electron chi connectivity index (χ3n) is 3.85. The van der Waals surface area contributed by atoms with E-state index in [-0.39, 0.29) is 26.9 Å². The number of rotatable bonds is 5. The molecule has 0 saturated carbocycles. The van der Waals surface area contributed by atoms with Crippen molar-refractivity contribution in [3.63, 3.8) is 0 Å². The Morgan fingerprint density at radius 3 is 2.48 bits per heavy atom. The lowest BCUT2D eigenvalue weighted by atomic mass is 10.3. The van der Waals surface area contributed by atoms with Crippen molar-refractivity contribution in [2.24, 2.45) is 0 Å². The van der Waals surface area contributed by atoms with Gasteiger partial charge in [0.2, 0.25) is 0 Å². The van der Waals surface area contributed by atoms with Gasteiger partial charge in [-0.1, -0.05) is 6.92 Å². The van der Waals surface area contributed by atoms with Crippen molar-refractivity contribution in [3.8, 4) is 5.75 Å². The molecule has 2 N–H and O–H groups in total. The van der Waals surface area contributed by atoms with E-state index >= 15 is 0 Å². The minimum atomic E-state index is -4.60. The quantitative estimate of drug-likeness (QED) is 0.265. The summed E-state index contributed by atoms with van der Waals surface area (Å²) in [6.45, 7) is 1.73. The molecule has 0 bridgehead atoms. The zero-order valence-corrected chi connectivity index (χ0v) is 17.1. The predicted molar refractivity (Wildman–Crippen MR) is 105 cm³/mol. The second-order valence-electron chi connectivity index (χ2n) is 6.02. The summed E-state index contributed by atoms with van der Waals surface area (Å²) in [4.78, 5) is 16.5. The molecule has 1 aromatic carbocycles. The molecule has 3 rings (SSSR count). The van der Waals surface area contributed by atoms with Crippen LogP contribution in [-0.2, 0) is 6.18 Å². The van der Waals surface area contributed by atoms with E-state index in [1.165, 1.54) is 0 Å². The number of anilines is 1. The van der Waals surface area contributed by atoms with Crippen LogP contribution < -0.4 is 5.32 Å². The SMILES string of the molecule is CCSc1c(C(=O)Nc2cc(SC(F)(F)F)ccc2O)nc2ccc(C(F)(F)F)cn12. The first kappa shape index (κ1) is 23.1. The smallest absolute Gasteiger partial charge is 0.446 e. The zero-order chi connectivity index (χ0) is 23.0. The van der Waals surface area contributed by atoms with Crippen LogP contribution in [0.3, 0.4) is 0 Å². The van der Waals surface area contributed by atoms with E-state index in [0.717, 1.165) is 52.7 Å². The van der Waals surface area contributed by atoms with Crippen LogP contribution in [0.5, 0.6) is 5.75 Å². The third kappa shape index (κ3) is 5.39. The topological polar surface area (TPSA) is 66.6 Å². The number of aromatic hydroxyl groups is 1. The van der Waals surface area contributed by atoms with Gasteiger partial charge in [0.15, 0.2) is 5.69 Å². The Labute approximate surface area is 179 Å². The van der Waals surface area contributed by atoms with E-state index in [0.29, 0.717) is 5.75 Å². The number of fused-ring (bicyclic) bond motifs is 1. The number of nitrogens with one attached hydrogen (secondary N) is 1. The van der Waals surface area contributed by atoms with Crippen molar-refractivity contribution in [1.29, 1.82) is 0 Å². The highest BCUT2D eigenvalue weighted by Crippen LogP contribution is 2.40. The van der Waals surface area contributed by atoms with Gasteiger partial charge in [-0.2, -0.15) is 26.3 Å². The Hall–Kier alpha value is -2.54. The first-order valence-corrected chi connectivity index (χ1v) is 10.3. The highest BCUT2D eigenvalue weighted by Gasteiger charge is 2.32. The molecular weight excluding hydrogens is 468 g/mol. The number of halogens is 6. The van der Waals surface area contributed by atoms with Crippen molar-refractivity contribution in [2.45, 2.75) is 28.5 Å². The normalized spacial score (nSPS) is 12.4. The molecule has 1 amide bonds. The second-order valence-corrected chi connectivity index (χ2v) is 8.41. The summed E-state index contributed by atoms with van der Waals surface area (Å²) >= 11 is 0.641. The van der Waals surface area contributed by atoms with Crippen LogP contribution in [0.25, 0.3) is 5.65 Å². The van der Waals surface area contributed by atoms with Gasteiger partial charge in [0.1, 0.15) is 16.4 Å². The lowest BCUT2D eigenvalue weighted by molar-refractivity contribution is -0.137. The molecule has 0 aliphatic carbocycles. The standard InChI is InChI=1S/C18H13F6N3O2S2/c1-2-30-16-14(26-13-6-3-9(8-27(13)16)17(19,20)21)15(29)25-11-7-10(4-5-12(11)28)31-18(22,23)24/h3-8,28H,2H2,1H3,(H,25,29). The molecule has 0 radical (unpaired) electrons. The number of carbonyl (C=O) groups is 1. The monoisotopic (exact) mass is 481 g/mol. The molecule has 166 valence electrons. The highest BCUT2D eigenvalue weighted by atomic mass is 32.2. The molecular formula is C18H13F6N3O2S2. The summed E-state index contributed by atoms with van der Waals surface area (Å²) in [5.41, 5.74) is -5.93. The Morgan fingerprint density at radius 2 is 1.87 bits per heavy atom. The molecule has 2 heterocycles. The maximum absolute atomic E-state index is 13.1. The fourth-order valence-corrected chi connectivity index (χ4v) is 4.02. The van der Waals surface area contributed by atoms with Crippen LogP contribution in [-0.4, -0.2) is 31.7 Å². The summed E-state index contributed by atoms with van der Waals surface area (Å²) in [6, 6.07) is 4.90. The highest BCUT2D eigenvalue weighted by molar-refractivity contribution is 8.00. The van der Waals surface area contributed by atoms with Gasteiger partial charge in [0.25, 0.3) is 5.91 Å². The van der Waals surface area contributed by atoms with Crippen molar-refractivity contribution in [3.05, 3.63) is 47.8 Å². The first-order chi connectivity index (χ1) is 14.4. The number of pyridine rings is 1. The number of hydrogen-bond acceptors (Lipinski definition) is 5. The van der Waals surface area contributed by atoms with Gasteiger partial charge in [-0.25, -0.2) is 4.98 Å². The second kappa shape index (κ2) is 8.54. The Morgan fingerprint density at radius 1 is 1.16 bits per heavy atom. The van der Waals surface area contributed by atoms with Crippen molar-refractivity contribution >= 4 is 40.8 Å². The van der Waals surface area contributed by atoms with E-state index in [9.17, 15) is 36.2 Å². The molecule has 0 spiro atoms. The zero-order valence-electron chi connectivity index (χ0n) is 15.5. The van der Waals surface area contributed by atoms with E-state index in [1.54, 1.807) is 6.92 Å². The molecule has 0 atom stereocenters. The van der Waals surface area contributed by atoms with Gasteiger partial charge in [0, 0.05) is 11.1 Å². The average molecular weight is 481 g/mol. The van der Waals surface area contributed by atoms with Gasteiger partial charge >= 0.3 is 11.7 Å². The van der Waals surface area contributed by atoms with E-state index in [4.69, 9.17) is 0 Å². The molecule has 13 heteroatoms. The maximum Gasteiger partial charge on any atom is 0.446 e. The van der Waals surface area contributed by atoms with Gasteiger partial charge in [0.05, 0.1) is 11.3 Å². The Kier molecular flexibility index (Phi) is 6.37. The summed E-state index contributed by atoms with van der Waals surface area (Å²) in [6.07, 6.45) is -3.79. The molecule has 0 fully saturated rings. The number of amides is 1. The summed E-state index contributed by atoms with van der Waals surface area (Å²) in [7, 11) is 0. The number of carbonyl (C=O) groups excluding carboxylic acids is 1. The van der Waals surface area contributed by atoms with Gasteiger partial charge < -0.3 is 10.4 Å². The largest absolute Gasteiger partial charge is 0.506 e. The fourth-order valence-electron chi connectivity index (χ4n) is 2.61. The van der Waals surface area contributed by atoms with E-state index < -0.39 is 40.7 Å². The maximum atomic E-state index is 13.1. The number of imidazole rings is 1. The molecule has 31 heavy (non-hydrogen) atoms. The van der Waals surface area contributed by atoms with Gasteiger partial charge in [-0.15, -0.1) is 11.8 Å². The van der Waals surface area contributed by atoms with Gasteiger partial charge in [-0.3, -0.25) is 9.20 Å². The predicted octanol–water partition coefficient (Wildman–Crippen LogP) is 6.03. The number of phenolic OH excluding ortho intramolecular Hbond substituents is 1. The average Bonchev–Trinajstić information content (AvgIpc) is 3.01. The summed E-state index contributed by atoms with van der Waals surface area (Å²) < 4.78 is 78.1. The minimum absolute atomic E-state index is 0.0831. The van der Waals surface area contributed by atoms with Crippen LogP contribution in [0.2, 0.25) is 0 Å². The number of thioether (sulfide) groups is 2. The number of alkyl halides is 6. The number of nitrogens with zero attached hydrogens (tertiary/aromatic N) is 2. The third-order valence-corrected chi connectivity index (χ3v) is 5.52. The van der Waals surface area contributed by atoms with E-state index in [2.05, 4.69) is 10.3 Å². The van der Waals surface area contributed by atoms with Crippen LogP contribution in [0.4, 0.5) is 32.0 Å². The number of hydrogen-bond donors (Lipinski definition) is 2. The van der Waals surface area contributed by atoms with Crippen LogP contribution in [0, 0.1) is 0 Å². The number of benzene rings is 1. The molecule has 3 aromatic rings. The minimum Gasteiger partial charge on any atom is -0.506 e. The van der Waals surface area contributed by atoms with Crippen molar-refractivity contribution < 1.29 is 36.2 Å². The van der Waals surface area contributed by atoms with Crippen LogP contribution >= 0.6 is 23.5 Å².